The molecule has 8 heteroatoms. The first-order valence-electron chi connectivity index (χ1n) is 24.5. The Kier molecular flexibility index (Phi) is 14.0. The molecule has 1 aliphatic rings. The minimum absolute atomic E-state index is 0. The van der Waals surface area contributed by atoms with Crippen LogP contribution in [0.2, 0.25) is 19.6 Å². The monoisotopic (exact) mass is 1100 g/mol. The summed E-state index contributed by atoms with van der Waals surface area (Å²) in [6, 6.07) is 49.1. The Bertz CT molecular complexity index is 3410. The van der Waals surface area contributed by atoms with Crippen LogP contribution < -0.4 is 5.19 Å². The molecule has 5 aromatic heterocycles. The number of furan rings is 1. The van der Waals surface area contributed by atoms with Crippen molar-refractivity contribution in [2.45, 2.75) is 99.2 Å². The fourth-order valence-electron chi connectivity index (χ4n) is 10.4. The fraction of sp³-hybridized carbons (Fsp3) is 0.279. The Balaban J connectivity index is 0.000000209. The molecule has 0 atom stereocenters. The maximum Gasteiger partial charge on any atom is 0.216 e. The topological polar surface area (TPSA) is 69.6 Å². The van der Waals surface area contributed by atoms with Crippen LogP contribution in [0, 0.1) is 44.7 Å². The number of aryl methyl sites for hydroxylation is 3. The predicted octanol–water partition coefficient (Wildman–Crippen LogP) is 15.3. The quantitative estimate of drug-likeness (QED) is 0.106. The molecule has 11 rings (SSSR count). The van der Waals surface area contributed by atoms with E-state index in [9.17, 15) is 0 Å². The smallest absolute Gasteiger partial charge is 0.216 e. The van der Waals surface area contributed by atoms with Gasteiger partial charge in [0.1, 0.15) is 0 Å². The van der Waals surface area contributed by atoms with Gasteiger partial charge in [0, 0.05) is 54.1 Å². The van der Waals surface area contributed by atoms with Crippen LogP contribution in [0.4, 0.5) is 0 Å². The van der Waals surface area contributed by atoms with Crippen molar-refractivity contribution < 1.29 is 24.5 Å². The van der Waals surface area contributed by atoms with Crippen LogP contribution in [0.5, 0.6) is 0 Å². The number of imidazole rings is 1. The van der Waals surface area contributed by atoms with Crippen molar-refractivity contribution in [1.29, 1.82) is 0 Å². The molecule has 1 saturated carbocycles. The summed E-state index contributed by atoms with van der Waals surface area (Å²) in [5.41, 5.74) is 16.5. The fourth-order valence-corrected chi connectivity index (χ4v) is 12.0. The van der Waals surface area contributed by atoms with Gasteiger partial charge < -0.3 is 14.0 Å². The number of hydrogen-bond donors (Lipinski definition) is 0. The number of pyridine rings is 3. The van der Waals surface area contributed by atoms with E-state index in [1.807, 2.05) is 25.1 Å². The Hall–Kier alpha value is -6.05. The summed E-state index contributed by atoms with van der Waals surface area (Å²) in [5.74, 6) is 2.15. The average molecular weight is 1100 g/mol. The molecule has 0 N–H and O–H groups in total. The standard InChI is InChI=1S/C40H33N4O.C21H28NSi.Ir/c1-23(2)20-30-17-18-32-31-12-9-13-33(38(31)45-40(32)42-30)39-43-34-19-16-28-15-14-26(5)41-35(28)37(34)44(39)36-24(3)21-29(22-25(36)4)27-10-7-6-8-11-27;1-23(2,3)21-16-22-20(18-12-8-5-9-13-18)15-19(21)14-17-10-6-4-7-11-17;/h6-12,14-19,21-23H,20H2,1-5H3;5,8-9,12,15-17H,4,6-7,10-11,14H2,1-3H3;/q2*-1;. The zero-order valence-corrected chi connectivity index (χ0v) is 44.6. The second-order valence-corrected chi connectivity index (χ2v) is 25.5. The predicted molar refractivity (Wildman–Crippen MR) is 286 cm³/mol. The van der Waals surface area contributed by atoms with Crippen molar-refractivity contribution >= 4 is 57.3 Å². The minimum atomic E-state index is -1.36. The molecule has 6 nitrogen and oxygen atoms in total. The van der Waals surface area contributed by atoms with E-state index < -0.39 is 8.07 Å². The largest absolute Gasteiger partial charge is 0.486 e. The molecule has 1 aliphatic carbocycles. The maximum absolute atomic E-state index is 6.58. The molecule has 10 aromatic rings. The van der Waals surface area contributed by atoms with Gasteiger partial charge in [-0.15, -0.1) is 54.1 Å². The van der Waals surface area contributed by atoms with Gasteiger partial charge in [-0.05, 0) is 115 Å². The van der Waals surface area contributed by atoms with E-state index in [2.05, 4.69) is 173 Å². The number of benzene rings is 5. The molecule has 0 aliphatic heterocycles. The zero-order valence-electron chi connectivity index (χ0n) is 41.2. The van der Waals surface area contributed by atoms with Crippen molar-refractivity contribution in [3.05, 3.63) is 168 Å². The molecule has 0 spiro atoms. The van der Waals surface area contributed by atoms with Crippen LogP contribution in [0.1, 0.15) is 74.0 Å². The van der Waals surface area contributed by atoms with E-state index in [1.54, 1.807) is 10.8 Å². The van der Waals surface area contributed by atoms with E-state index in [0.29, 0.717) is 11.6 Å². The Labute approximate surface area is 422 Å². The number of aromatic nitrogens is 5. The molecule has 0 unspecified atom stereocenters. The number of rotatable bonds is 9. The van der Waals surface area contributed by atoms with E-state index in [4.69, 9.17) is 24.4 Å². The van der Waals surface area contributed by atoms with Gasteiger partial charge in [0.15, 0.2) is 0 Å². The third kappa shape index (κ3) is 9.90. The van der Waals surface area contributed by atoms with Crippen LogP contribution in [0.3, 0.4) is 0 Å². The Morgan fingerprint density at radius 3 is 2.22 bits per heavy atom. The maximum atomic E-state index is 6.58. The van der Waals surface area contributed by atoms with Crippen LogP contribution in [0.15, 0.2) is 132 Å². The summed E-state index contributed by atoms with van der Waals surface area (Å²) in [4.78, 5) is 20.0. The van der Waals surface area contributed by atoms with Crippen molar-refractivity contribution in [1.82, 2.24) is 24.5 Å². The summed E-state index contributed by atoms with van der Waals surface area (Å²) in [5, 5.41) is 4.62. The molecular formula is C61H61IrN5OSi-2. The molecule has 0 saturated heterocycles. The molecule has 5 heterocycles. The van der Waals surface area contributed by atoms with Gasteiger partial charge in [-0.1, -0.05) is 131 Å². The minimum Gasteiger partial charge on any atom is -0.486 e. The molecule has 351 valence electrons. The Morgan fingerprint density at radius 1 is 0.739 bits per heavy atom. The second kappa shape index (κ2) is 20.1. The first-order chi connectivity index (χ1) is 32.9. The molecular weight excluding hydrogens is 1040 g/mol. The van der Waals surface area contributed by atoms with Gasteiger partial charge in [0.05, 0.1) is 36.0 Å². The summed E-state index contributed by atoms with van der Waals surface area (Å²) in [6.07, 6.45) is 11.4. The SMILES string of the molecule is C[Si](C)(C)c1cnc(-c2[c-]cccc2)cc1CC1CCCCC1.Cc1ccc2ccc3nc(-c4[c-]ccc5c4oc4nc(CC(C)C)ccc45)n(-c4c(C)cc(-c5ccccc5)cc4C)c3c2n1.[Ir]. The number of hydrogen-bond acceptors (Lipinski definition) is 5. The number of nitrogens with zero attached hydrogens (tertiary/aromatic N) is 5. The second-order valence-electron chi connectivity index (χ2n) is 20.5. The van der Waals surface area contributed by atoms with Gasteiger partial charge in [-0.2, -0.15) is 0 Å². The van der Waals surface area contributed by atoms with E-state index in [-0.39, 0.29) is 20.1 Å². The zero-order chi connectivity index (χ0) is 47.1. The average Bonchev–Trinajstić information content (AvgIpc) is 3.90. The third-order valence-electron chi connectivity index (χ3n) is 13.7. The van der Waals surface area contributed by atoms with E-state index >= 15 is 0 Å². The van der Waals surface area contributed by atoms with Crippen LogP contribution in [-0.2, 0) is 32.9 Å². The normalized spacial score (nSPS) is 13.3. The van der Waals surface area contributed by atoms with Gasteiger partial charge >= 0.3 is 0 Å². The van der Waals surface area contributed by atoms with E-state index in [1.165, 1.54) is 49.7 Å². The summed E-state index contributed by atoms with van der Waals surface area (Å²) < 4.78 is 8.86. The van der Waals surface area contributed by atoms with Crippen molar-refractivity contribution in [2.24, 2.45) is 11.8 Å². The molecule has 0 bridgehead atoms. The third-order valence-corrected chi connectivity index (χ3v) is 15.7. The Morgan fingerprint density at radius 2 is 1.49 bits per heavy atom. The van der Waals surface area contributed by atoms with Gasteiger partial charge in [0.25, 0.3) is 0 Å². The summed E-state index contributed by atoms with van der Waals surface area (Å²) >= 11 is 0. The summed E-state index contributed by atoms with van der Waals surface area (Å²) in [7, 11) is -1.36. The molecule has 1 fully saturated rings. The van der Waals surface area contributed by atoms with Crippen LogP contribution in [0.25, 0.3) is 83.5 Å². The van der Waals surface area contributed by atoms with Gasteiger partial charge in [-0.3, -0.25) is 9.97 Å². The van der Waals surface area contributed by atoms with Gasteiger partial charge in [-0.25, -0.2) is 4.98 Å². The molecule has 1 radical (unpaired) electrons. The van der Waals surface area contributed by atoms with Gasteiger partial charge in [0.2, 0.25) is 5.71 Å². The van der Waals surface area contributed by atoms with E-state index in [0.717, 1.165) is 101 Å². The molecule has 0 amide bonds. The van der Waals surface area contributed by atoms with Crippen LogP contribution >= 0.6 is 0 Å². The first kappa shape index (κ1) is 48.0. The summed E-state index contributed by atoms with van der Waals surface area (Å²) in [6.45, 7) is 18.1. The van der Waals surface area contributed by atoms with Crippen molar-refractivity contribution in [2.75, 3.05) is 0 Å². The first-order valence-corrected chi connectivity index (χ1v) is 28.0. The molecule has 69 heavy (non-hydrogen) atoms. The van der Waals surface area contributed by atoms with Crippen molar-refractivity contribution in [3.63, 3.8) is 0 Å². The van der Waals surface area contributed by atoms with Crippen molar-refractivity contribution in [3.8, 4) is 39.5 Å². The van der Waals surface area contributed by atoms with Crippen LogP contribution in [-0.4, -0.2) is 32.6 Å². The number of fused-ring (bicyclic) bond motifs is 6. The molecule has 5 aromatic carbocycles.